The Bertz CT molecular complexity index is 524. The number of hydrogen-bond donors (Lipinski definition) is 3. The zero-order valence-corrected chi connectivity index (χ0v) is 15.9. The van der Waals surface area contributed by atoms with Gasteiger partial charge in [-0.3, -0.25) is 0 Å². The van der Waals surface area contributed by atoms with Crippen molar-refractivity contribution in [3.8, 4) is 0 Å². The monoisotopic (exact) mass is 335 g/mol. The Labute approximate surface area is 146 Å². The van der Waals surface area contributed by atoms with Crippen LogP contribution < -0.4 is 10.6 Å². The first-order valence-corrected chi connectivity index (χ1v) is 8.54. The molecule has 5 nitrogen and oxygen atoms in total. The van der Waals surface area contributed by atoms with E-state index in [4.69, 9.17) is 0 Å². The van der Waals surface area contributed by atoms with Crippen molar-refractivity contribution in [2.24, 2.45) is 5.41 Å². The Kier molecular flexibility index (Phi) is 7.70. The van der Waals surface area contributed by atoms with E-state index in [1.54, 1.807) is 0 Å². The van der Waals surface area contributed by atoms with Gasteiger partial charge in [-0.05, 0) is 50.5 Å². The van der Waals surface area contributed by atoms with E-state index in [1.807, 2.05) is 45.3 Å². The molecule has 0 aliphatic carbocycles. The van der Waals surface area contributed by atoms with E-state index >= 15 is 0 Å². The Morgan fingerprint density at radius 2 is 1.88 bits per heavy atom. The molecule has 2 atom stereocenters. The number of urea groups is 1. The van der Waals surface area contributed by atoms with Crippen LogP contribution in [0.3, 0.4) is 0 Å². The van der Waals surface area contributed by atoms with Crippen molar-refractivity contribution >= 4 is 6.03 Å². The van der Waals surface area contributed by atoms with Crippen LogP contribution in [0, 0.1) is 12.3 Å². The average molecular weight is 335 g/mol. The summed E-state index contributed by atoms with van der Waals surface area (Å²) in [5.74, 6) is 0. The third kappa shape index (κ3) is 6.89. The number of aryl methyl sites for hydroxylation is 1. The van der Waals surface area contributed by atoms with Crippen LogP contribution in [0.1, 0.15) is 44.4 Å². The summed E-state index contributed by atoms with van der Waals surface area (Å²) in [4.78, 5) is 14.3. The lowest BCUT2D eigenvalue weighted by molar-refractivity contribution is 0.168. The van der Waals surface area contributed by atoms with Crippen LogP contribution in [0.15, 0.2) is 24.3 Å². The molecule has 0 fully saturated rings. The summed E-state index contributed by atoms with van der Waals surface area (Å²) in [6, 6.07) is 7.49. The number of amides is 2. The standard InChI is InChI=1S/C19H33N3O2/c1-14-9-7-8-10-15(14)16(23)13-20-18(24)21-17(19(2,3)4)11-12-22(5)6/h7-10,16-17,23H,11-13H2,1-6H3,(H2,20,21,24). The third-order valence-electron chi connectivity index (χ3n) is 4.22. The van der Waals surface area contributed by atoms with Crippen molar-refractivity contribution in [1.82, 2.24) is 15.5 Å². The van der Waals surface area contributed by atoms with Crippen molar-refractivity contribution in [2.45, 2.75) is 46.3 Å². The molecule has 0 radical (unpaired) electrons. The van der Waals surface area contributed by atoms with E-state index in [-0.39, 0.29) is 24.0 Å². The molecule has 1 aromatic carbocycles. The van der Waals surface area contributed by atoms with E-state index in [0.717, 1.165) is 24.1 Å². The Morgan fingerprint density at radius 1 is 1.25 bits per heavy atom. The predicted octanol–water partition coefficient (Wildman–Crippen LogP) is 2.69. The van der Waals surface area contributed by atoms with Crippen LogP contribution in [0.4, 0.5) is 4.79 Å². The zero-order chi connectivity index (χ0) is 18.3. The number of nitrogens with zero attached hydrogens (tertiary/aromatic N) is 1. The fraction of sp³-hybridized carbons (Fsp3) is 0.632. The minimum Gasteiger partial charge on any atom is -0.387 e. The van der Waals surface area contributed by atoms with Gasteiger partial charge in [0.15, 0.2) is 0 Å². The van der Waals surface area contributed by atoms with Gasteiger partial charge in [-0.1, -0.05) is 45.0 Å². The molecule has 0 heterocycles. The number of carbonyl (C=O) groups excluding carboxylic acids is 1. The summed E-state index contributed by atoms with van der Waals surface area (Å²) in [5.41, 5.74) is 1.84. The SMILES string of the molecule is Cc1ccccc1C(O)CNC(=O)NC(CCN(C)C)C(C)(C)C. The summed E-state index contributed by atoms with van der Waals surface area (Å²) in [6.07, 6.45) is 0.177. The van der Waals surface area contributed by atoms with E-state index in [1.165, 1.54) is 0 Å². The van der Waals surface area contributed by atoms with Crippen LogP contribution in [0.25, 0.3) is 0 Å². The second-order valence-corrected chi connectivity index (χ2v) is 7.74. The molecule has 1 rings (SSSR count). The second kappa shape index (κ2) is 9.04. The Hall–Kier alpha value is -1.59. The summed E-state index contributed by atoms with van der Waals surface area (Å²) in [7, 11) is 4.05. The molecule has 0 aliphatic rings. The van der Waals surface area contributed by atoms with Crippen molar-refractivity contribution in [1.29, 1.82) is 0 Å². The molecule has 0 bridgehead atoms. The number of nitrogens with one attached hydrogen (secondary N) is 2. The van der Waals surface area contributed by atoms with Crippen molar-refractivity contribution < 1.29 is 9.90 Å². The lowest BCUT2D eigenvalue weighted by Gasteiger charge is -2.32. The lowest BCUT2D eigenvalue weighted by Crippen LogP contribution is -2.49. The van der Waals surface area contributed by atoms with Crippen LogP contribution in [0.2, 0.25) is 0 Å². The minimum absolute atomic E-state index is 0.0258. The van der Waals surface area contributed by atoms with Gasteiger partial charge in [0.1, 0.15) is 0 Å². The molecule has 0 saturated heterocycles. The summed E-state index contributed by atoms with van der Waals surface area (Å²) >= 11 is 0. The molecular weight excluding hydrogens is 302 g/mol. The van der Waals surface area contributed by atoms with Crippen LogP contribution >= 0.6 is 0 Å². The molecule has 2 unspecified atom stereocenters. The maximum atomic E-state index is 12.2. The number of aliphatic hydroxyl groups is 1. The van der Waals surface area contributed by atoms with E-state index < -0.39 is 6.10 Å². The lowest BCUT2D eigenvalue weighted by atomic mass is 9.84. The molecule has 5 heteroatoms. The van der Waals surface area contributed by atoms with Gasteiger partial charge in [-0.25, -0.2) is 4.79 Å². The third-order valence-corrected chi connectivity index (χ3v) is 4.22. The fourth-order valence-electron chi connectivity index (χ4n) is 2.58. The second-order valence-electron chi connectivity index (χ2n) is 7.74. The van der Waals surface area contributed by atoms with Gasteiger partial charge in [-0.15, -0.1) is 0 Å². The highest BCUT2D eigenvalue weighted by molar-refractivity contribution is 5.74. The predicted molar refractivity (Wildman–Crippen MR) is 99.1 cm³/mol. The highest BCUT2D eigenvalue weighted by Crippen LogP contribution is 2.22. The maximum Gasteiger partial charge on any atom is 0.315 e. The van der Waals surface area contributed by atoms with Gasteiger partial charge in [0.2, 0.25) is 0 Å². The smallest absolute Gasteiger partial charge is 0.315 e. The molecule has 0 aliphatic heterocycles. The average Bonchev–Trinajstić information content (AvgIpc) is 2.48. The molecule has 0 spiro atoms. The van der Waals surface area contributed by atoms with Gasteiger partial charge >= 0.3 is 6.03 Å². The largest absolute Gasteiger partial charge is 0.387 e. The summed E-state index contributed by atoms with van der Waals surface area (Å²) < 4.78 is 0. The number of aliphatic hydroxyl groups excluding tert-OH is 1. The van der Waals surface area contributed by atoms with Gasteiger partial charge in [0.05, 0.1) is 6.10 Å². The number of hydrogen-bond acceptors (Lipinski definition) is 3. The minimum atomic E-state index is -0.702. The number of carbonyl (C=O) groups is 1. The number of benzene rings is 1. The Morgan fingerprint density at radius 3 is 2.42 bits per heavy atom. The molecule has 3 N–H and O–H groups in total. The maximum absolute atomic E-state index is 12.2. The first-order chi connectivity index (χ1) is 11.1. The van der Waals surface area contributed by atoms with Crippen LogP contribution in [-0.4, -0.2) is 49.3 Å². The first kappa shape index (κ1) is 20.5. The van der Waals surface area contributed by atoms with Crippen molar-refractivity contribution in [2.75, 3.05) is 27.2 Å². The quantitative estimate of drug-likeness (QED) is 0.718. The fourth-order valence-corrected chi connectivity index (χ4v) is 2.58. The Balaban J connectivity index is 2.55. The first-order valence-electron chi connectivity index (χ1n) is 8.54. The summed E-state index contributed by atoms with van der Waals surface area (Å²) in [6.45, 7) is 9.42. The van der Waals surface area contributed by atoms with E-state index in [0.29, 0.717) is 0 Å². The van der Waals surface area contributed by atoms with Crippen molar-refractivity contribution in [3.05, 3.63) is 35.4 Å². The van der Waals surface area contributed by atoms with Crippen molar-refractivity contribution in [3.63, 3.8) is 0 Å². The van der Waals surface area contributed by atoms with E-state index in [9.17, 15) is 9.90 Å². The molecule has 2 amide bonds. The molecule has 24 heavy (non-hydrogen) atoms. The number of rotatable bonds is 7. The van der Waals surface area contributed by atoms with E-state index in [2.05, 4.69) is 36.3 Å². The van der Waals surface area contributed by atoms with Gasteiger partial charge < -0.3 is 20.6 Å². The van der Waals surface area contributed by atoms with Crippen LogP contribution in [-0.2, 0) is 0 Å². The molecule has 1 aromatic rings. The van der Waals surface area contributed by atoms with Gasteiger partial charge in [-0.2, -0.15) is 0 Å². The topological polar surface area (TPSA) is 64.6 Å². The highest BCUT2D eigenvalue weighted by Gasteiger charge is 2.26. The van der Waals surface area contributed by atoms with Crippen LogP contribution in [0.5, 0.6) is 0 Å². The molecular formula is C19H33N3O2. The zero-order valence-electron chi connectivity index (χ0n) is 15.9. The highest BCUT2D eigenvalue weighted by atomic mass is 16.3. The summed E-state index contributed by atoms with van der Waals surface area (Å²) in [5, 5.41) is 16.1. The normalized spacial score (nSPS) is 14.3. The molecule has 0 aromatic heterocycles. The van der Waals surface area contributed by atoms with Gasteiger partial charge in [0, 0.05) is 12.6 Å². The molecule has 136 valence electrons. The van der Waals surface area contributed by atoms with Gasteiger partial charge in [0.25, 0.3) is 0 Å². The molecule has 0 saturated carbocycles.